The van der Waals surface area contributed by atoms with Gasteiger partial charge in [-0.1, -0.05) is 26.0 Å². The highest BCUT2D eigenvalue weighted by atomic mass is 16.5. The van der Waals surface area contributed by atoms with Gasteiger partial charge in [-0.05, 0) is 37.0 Å². The van der Waals surface area contributed by atoms with Crippen molar-refractivity contribution in [1.29, 1.82) is 0 Å². The molecule has 0 saturated carbocycles. The lowest BCUT2D eigenvalue weighted by Crippen LogP contribution is -2.42. The number of hydrogen-bond donors (Lipinski definition) is 2. The Morgan fingerprint density at radius 1 is 1.35 bits per heavy atom. The second kappa shape index (κ2) is 7.90. The zero-order valence-electron chi connectivity index (χ0n) is 12.6. The Morgan fingerprint density at radius 3 is 2.65 bits per heavy atom. The largest absolute Gasteiger partial charge is 0.497 e. The normalized spacial score (nSPS) is 11.2. The molecule has 112 valence electrons. The maximum absolute atomic E-state index is 11.8. The van der Waals surface area contributed by atoms with Gasteiger partial charge in [0.2, 0.25) is 5.91 Å². The molecule has 4 nitrogen and oxygen atoms in total. The van der Waals surface area contributed by atoms with E-state index in [1.807, 2.05) is 38.1 Å². The van der Waals surface area contributed by atoms with Crippen molar-refractivity contribution in [3.05, 3.63) is 29.8 Å². The molecule has 1 amide bonds. The molecule has 0 atom stereocenters. The van der Waals surface area contributed by atoms with E-state index in [1.165, 1.54) is 0 Å². The van der Waals surface area contributed by atoms with Crippen LogP contribution in [0.4, 0.5) is 0 Å². The van der Waals surface area contributed by atoms with Crippen LogP contribution in [0.2, 0.25) is 0 Å². The number of methoxy groups -OCH3 is 1. The third-order valence-electron chi connectivity index (χ3n) is 3.71. The minimum absolute atomic E-state index is 0.0341. The predicted molar refractivity (Wildman–Crippen MR) is 79.9 cm³/mol. The van der Waals surface area contributed by atoms with Crippen molar-refractivity contribution in [2.75, 3.05) is 13.7 Å². The van der Waals surface area contributed by atoms with Crippen LogP contribution in [-0.2, 0) is 11.2 Å². The van der Waals surface area contributed by atoms with Gasteiger partial charge in [0.1, 0.15) is 5.75 Å². The van der Waals surface area contributed by atoms with Gasteiger partial charge in [-0.15, -0.1) is 0 Å². The van der Waals surface area contributed by atoms with E-state index in [1.54, 1.807) is 7.11 Å². The Balaban J connectivity index is 2.39. The first-order valence-corrected chi connectivity index (χ1v) is 7.15. The Bertz CT molecular complexity index is 427. The van der Waals surface area contributed by atoms with Crippen LogP contribution in [0.5, 0.6) is 5.75 Å². The van der Waals surface area contributed by atoms with Gasteiger partial charge < -0.3 is 15.2 Å². The standard InChI is InChI=1S/C16H25NO3/c1-4-16(19,5-2)12-17-15(18)10-9-13-7-6-8-14(11-13)20-3/h6-8,11,19H,4-5,9-10,12H2,1-3H3,(H,17,18). The fraction of sp³-hybridized carbons (Fsp3) is 0.562. The van der Waals surface area contributed by atoms with Gasteiger partial charge in [-0.3, -0.25) is 4.79 Å². The van der Waals surface area contributed by atoms with E-state index in [-0.39, 0.29) is 5.91 Å². The Labute approximate surface area is 121 Å². The first-order chi connectivity index (χ1) is 9.53. The van der Waals surface area contributed by atoms with Gasteiger partial charge in [0.25, 0.3) is 0 Å². The monoisotopic (exact) mass is 279 g/mol. The van der Waals surface area contributed by atoms with Gasteiger partial charge in [0, 0.05) is 13.0 Å². The summed E-state index contributed by atoms with van der Waals surface area (Å²) in [4.78, 5) is 11.8. The van der Waals surface area contributed by atoms with Gasteiger partial charge in [0.05, 0.1) is 12.7 Å². The first-order valence-electron chi connectivity index (χ1n) is 7.15. The summed E-state index contributed by atoms with van der Waals surface area (Å²) in [5.74, 6) is 0.766. The molecule has 1 rings (SSSR count). The van der Waals surface area contributed by atoms with Crippen molar-refractivity contribution in [2.24, 2.45) is 0 Å². The highest BCUT2D eigenvalue weighted by Gasteiger charge is 2.22. The number of ether oxygens (including phenoxy) is 1. The Kier molecular flexibility index (Phi) is 6.52. The van der Waals surface area contributed by atoms with Gasteiger partial charge in [-0.25, -0.2) is 0 Å². The summed E-state index contributed by atoms with van der Waals surface area (Å²) in [6, 6.07) is 7.71. The maximum Gasteiger partial charge on any atom is 0.220 e. The van der Waals surface area contributed by atoms with E-state index in [0.29, 0.717) is 32.2 Å². The molecule has 0 aliphatic rings. The summed E-state index contributed by atoms with van der Waals surface area (Å²) >= 11 is 0. The average Bonchev–Trinajstić information content (AvgIpc) is 2.50. The smallest absolute Gasteiger partial charge is 0.220 e. The van der Waals surface area contributed by atoms with Crippen LogP contribution in [0.3, 0.4) is 0 Å². The predicted octanol–water partition coefficient (Wildman–Crippen LogP) is 2.30. The molecule has 0 radical (unpaired) electrons. The fourth-order valence-electron chi connectivity index (χ4n) is 1.94. The molecule has 0 heterocycles. The number of hydrogen-bond acceptors (Lipinski definition) is 3. The van der Waals surface area contributed by atoms with Crippen LogP contribution >= 0.6 is 0 Å². The number of benzene rings is 1. The lowest BCUT2D eigenvalue weighted by atomic mass is 9.97. The van der Waals surface area contributed by atoms with Crippen LogP contribution < -0.4 is 10.1 Å². The first kappa shape index (κ1) is 16.5. The maximum atomic E-state index is 11.8. The molecule has 0 aromatic heterocycles. The molecule has 0 unspecified atom stereocenters. The molecular formula is C16H25NO3. The van der Waals surface area contributed by atoms with Crippen molar-refractivity contribution in [3.63, 3.8) is 0 Å². The third-order valence-corrected chi connectivity index (χ3v) is 3.71. The second-order valence-corrected chi connectivity index (χ2v) is 5.06. The summed E-state index contributed by atoms with van der Waals surface area (Å²) < 4.78 is 5.15. The molecule has 4 heteroatoms. The van der Waals surface area contributed by atoms with E-state index in [2.05, 4.69) is 5.32 Å². The summed E-state index contributed by atoms with van der Waals surface area (Å²) in [7, 11) is 1.63. The number of aryl methyl sites for hydroxylation is 1. The Hall–Kier alpha value is -1.55. The van der Waals surface area contributed by atoms with Crippen molar-refractivity contribution in [3.8, 4) is 5.75 Å². The van der Waals surface area contributed by atoms with Gasteiger partial charge in [0.15, 0.2) is 0 Å². The third kappa shape index (κ3) is 5.21. The lowest BCUT2D eigenvalue weighted by Gasteiger charge is -2.25. The molecule has 0 saturated heterocycles. The van der Waals surface area contributed by atoms with Crippen molar-refractivity contribution < 1.29 is 14.6 Å². The van der Waals surface area contributed by atoms with E-state index in [9.17, 15) is 9.90 Å². The summed E-state index contributed by atoms with van der Waals surface area (Å²) in [5.41, 5.74) is 0.284. The molecule has 0 fully saturated rings. The van der Waals surface area contributed by atoms with Gasteiger partial charge in [-0.2, -0.15) is 0 Å². The number of amides is 1. The summed E-state index contributed by atoms with van der Waals surface area (Å²) in [6.45, 7) is 4.16. The number of aliphatic hydroxyl groups is 1. The molecule has 0 bridgehead atoms. The number of carbonyl (C=O) groups is 1. The van der Waals surface area contributed by atoms with E-state index >= 15 is 0 Å². The zero-order chi connectivity index (χ0) is 15.0. The van der Waals surface area contributed by atoms with Crippen LogP contribution in [0.25, 0.3) is 0 Å². The molecular weight excluding hydrogens is 254 g/mol. The van der Waals surface area contributed by atoms with Crippen molar-refractivity contribution in [2.45, 2.75) is 45.1 Å². The van der Waals surface area contributed by atoms with Crippen LogP contribution in [-0.4, -0.2) is 30.3 Å². The SMILES string of the molecule is CCC(O)(CC)CNC(=O)CCc1cccc(OC)c1. The summed E-state index contributed by atoms with van der Waals surface area (Å²) in [5, 5.41) is 12.9. The molecule has 20 heavy (non-hydrogen) atoms. The quantitative estimate of drug-likeness (QED) is 0.767. The second-order valence-electron chi connectivity index (χ2n) is 5.06. The minimum atomic E-state index is -0.786. The average molecular weight is 279 g/mol. The molecule has 0 aliphatic heterocycles. The van der Waals surface area contributed by atoms with E-state index in [0.717, 1.165) is 11.3 Å². The van der Waals surface area contributed by atoms with Crippen LogP contribution in [0.15, 0.2) is 24.3 Å². The van der Waals surface area contributed by atoms with E-state index in [4.69, 9.17) is 4.74 Å². The van der Waals surface area contributed by atoms with Crippen molar-refractivity contribution in [1.82, 2.24) is 5.32 Å². The van der Waals surface area contributed by atoms with Gasteiger partial charge >= 0.3 is 0 Å². The highest BCUT2D eigenvalue weighted by Crippen LogP contribution is 2.15. The lowest BCUT2D eigenvalue weighted by molar-refractivity contribution is -0.122. The Morgan fingerprint density at radius 2 is 2.05 bits per heavy atom. The zero-order valence-corrected chi connectivity index (χ0v) is 12.6. The number of rotatable bonds is 8. The highest BCUT2D eigenvalue weighted by molar-refractivity contribution is 5.76. The molecule has 2 N–H and O–H groups in total. The molecule has 1 aromatic rings. The topological polar surface area (TPSA) is 58.6 Å². The molecule has 1 aromatic carbocycles. The molecule has 0 spiro atoms. The minimum Gasteiger partial charge on any atom is -0.497 e. The molecule has 0 aliphatic carbocycles. The van der Waals surface area contributed by atoms with Crippen LogP contribution in [0.1, 0.15) is 38.7 Å². The summed E-state index contributed by atoms with van der Waals surface area (Å²) in [6.07, 6.45) is 2.36. The van der Waals surface area contributed by atoms with Crippen LogP contribution in [0, 0.1) is 0 Å². The van der Waals surface area contributed by atoms with E-state index < -0.39 is 5.60 Å². The number of nitrogens with one attached hydrogen (secondary N) is 1. The number of carbonyl (C=O) groups excluding carboxylic acids is 1. The van der Waals surface area contributed by atoms with Crippen molar-refractivity contribution >= 4 is 5.91 Å². The fourth-order valence-corrected chi connectivity index (χ4v) is 1.94.